The number of hydrogen-bond acceptors (Lipinski definition) is 4. The molecule has 0 spiro atoms. The number of methoxy groups -OCH3 is 2. The first-order valence-electron chi connectivity index (χ1n) is 8.94. The Kier molecular flexibility index (Phi) is 5.96. The van der Waals surface area contributed by atoms with Gasteiger partial charge in [-0.2, -0.15) is 0 Å². The van der Waals surface area contributed by atoms with Gasteiger partial charge in [-0.15, -0.1) is 0 Å². The molecule has 1 heterocycles. The number of carbonyl (C=O) groups is 2. The molecule has 2 amide bonds. The summed E-state index contributed by atoms with van der Waals surface area (Å²) in [7, 11) is 3.20. The highest BCUT2D eigenvalue weighted by Crippen LogP contribution is 2.17. The highest BCUT2D eigenvalue weighted by Gasteiger charge is 2.30. The van der Waals surface area contributed by atoms with Crippen LogP contribution in [0, 0.1) is 0 Å². The average molecular weight is 368 g/mol. The van der Waals surface area contributed by atoms with E-state index in [1.165, 1.54) is 0 Å². The van der Waals surface area contributed by atoms with Crippen molar-refractivity contribution in [3.63, 3.8) is 0 Å². The molecule has 142 valence electrons. The molecule has 1 fully saturated rings. The van der Waals surface area contributed by atoms with Gasteiger partial charge in [0.1, 0.15) is 11.5 Å². The molecule has 0 radical (unpaired) electrons. The Bertz CT molecular complexity index is 804. The lowest BCUT2D eigenvalue weighted by Crippen LogP contribution is -2.37. The maximum Gasteiger partial charge on any atom is 0.251 e. The number of carbonyl (C=O) groups excluding carboxylic acids is 2. The van der Waals surface area contributed by atoms with Crippen molar-refractivity contribution < 1.29 is 19.1 Å². The summed E-state index contributed by atoms with van der Waals surface area (Å²) in [6.45, 7) is 1.17. The fourth-order valence-electron chi connectivity index (χ4n) is 3.17. The van der Waals surface area contributed by atoms with Crippen LogP contribution in [0.2, 0.25) is 0 Å². The Labute approximate surface area is 159 Å². The monoisotopic (exact) mass is 368 g/mol. The quantitative estimate of drug-likeness (QED) is 0.814. The second-order valence-electron chi connectivity index (χ2n) is 6.54. The molecule has 0 saturated carbocycles. The van der Waals surface area contributed by atoms with Crippen LogP contribution in [0.1, 0.15) is 22.3 Å². The maximum atomic E-state index is 12.4. The van der Waals surface area contributed by atoms with E-state index in [4.69, 9.17) is 9.47 Å². The van der Waals surface area contributed by atoms with Crippen LogP contribution in [0.4, 0.5) is 0 Å². The van der Waals surface area contributed by atoms with Gasteiger partial charge >= 0.3 is 0 Å². The maximum absolute atomic E-state index is 12.4. The van der Waals surface area contributed by atoms with Crippen LogP contribution >= 0.6 is 0 Å². The van der Waals surface area contributed by atoms with Crippen LogP contribution < -0.4 is 14.8 Å². The molecular weight excluding hydrogens is 344 g/mol. The number of benzene rings is 2. The highest BCUT2D eigenvalue weighted by atomic mass is 16.5. The van der Waals surface area contributed by atoms with Gasteiger partial charge in [0.2, 0.25) is 5.91 Å². The standard InChI is InChI=1S/C21H24N2O4/c1-26-18-8-6-15(7-9-18)10-11-23-14-17(13-20(23)24)22-21(25)16-4-3-5-19(12-16)27-2/h3-9,12,17H,10-11,13-14H2,1-2H3,(H,22,25)/t17-/m1/s1. The summed E-state index contributed by atoms with van der Waals surface area (Å²) in [5.74, 6) is 1.32. The number of likely N-dealkylation sites (tertiary alicyclic amines) is 1. The van der Waals surface area contributed by atoms with Crippen molar-refractivity contribution in [1.29, 1.82) is 0 Å². The fraction of sp³-hybridized carbons (Fsp3) is 0.333. The molecule has 6 heteroatoms. The first-order valence-corrected chi connectivity index (χ1v) is 8.94. The van der Waals surface area contributed by atoms with E-state index in [1.54, 1.807) is 43.4 Å². The summed E-state index contributed by atoms with van der Waals surface area (Å²) in [6.07, 6.45) is 1.10. The normalized spacial score (nSPS) is 16.3. The zero-order valence-electron chi connectivity index (χ0n) is 15.6. The predicted octanol–water partition coefficient (Wildman–Crippen LogP) is 2.28. The number of amides is 2. The van der Waals surface area contributed by atoms with Gasteiger partial charge < -0.3 is 19.7 Å². The molecule has 0 aromatic heterocycles. The molecule has 1 aliphatic heterocycles. The molecule has 0 bridgehead atoms. The van der Waals surface area contributed by atoms with Crippen LogP contribution in [0.25, 0.3) is 0 Å². The lowest BCUT2D eigenvalue weighted by molar-refractivity contribution is -0.127. The van der Waals surface area contributed by atoms with E-state index in [2.05, 4.69) is 5.32 Å². The van der Waals surface area contributed by atoms with Crippen molar-refractivity contribution in [3.8, 4) is 11.5 Å². The smallest absolute Gasteiger partial charge is 0.251 e. The SMILES string of the molecule is COc1ccc(CCN2C[C@H](NC(=O)c3cccc(OC)c3)CC2=O)cc1. The van der Waals surface area contributed by atoms with E-state index in [1.807, 2.05) is 24.3 Å². The Morgan fingerprint density at radius 1 is 1.11 bits per heavy atom. The number of hydrogen-bond donors (Lipinski definition) is 1. The van der Waals surface area contributed by atoms with E-state index < -0.39 is 0 Å². The van der Waals surface area contributed by atoms with Gasteiger partial charge in [0, 0.05) is 25.1 Å². The molecule has 0 aliphatic carbocycles. The van der Waals surface area contributed by atoms with Gasteiger partial charge in [0.05, 0.1) is 20.3 Å². The van der Waals surface area contributed by atoms with Crippen molar-refractivity contribution >= 4 is 11.8 Å². The van der Waals surface area contributed by atoms with E-state index in [9.17, 15) is 9.59 Å². The molecule has 1 N–H and O–H groups in total. The largest absolute Gasteiger partial charge is 0.497 e. The van der Waals surface area contributed by atoms with Gasteiger partial charge in [-0.1, -0.05) is 18.2 Å². The number of ether oxygens (including phenoxy) is 2. The Morgan fingerprint density at radius 2 is 1.85 bits per heavy atom. The Balaban J connectivity index is 1.52. The zero-order valence-corrected chi connectivity index (χ0v) is 15.6. The molecule has 27 heavy (non-hydrogen) atoms. The molecular formula is C21H24N2O4. The number of nitrogens with zero attached hydrogens (tertiary/aromatic N) is 1. The third-order valence-electron chi connectivity index (χ3n) is 4.71. The van der Waals surface area contributed by atoms with Crippen LogP contribution in [0.5, 0.6) is 11.5 Å². The molecule has 0 unspecified atom stereocenters. The Hall–Kier alpha value is -3.02. The minimum atomic E-state index is -0.191. The van der Waals surface area contributed by atoms with Gasteiger partial charge in [0.25, 0.3) is 5.91 Å². The van der Waals surface area contributed by atoms with Crippen molar-refractivity contribution in [2.45, 2.75) is 18.9 Å². The lowest BCUT2D eigenvalue weighted by Gasteiger charge is -2.17. The third-order valence-corrected chi connectivity index (χ3v) is 4.71. The van der Waals surface area contributed by atoms with E-state index in [-0.39, 0.29) is 17.9 Å². The summed E-state index contributed by atoms with van der Waals surface area (Å²) in [6, 6.07) is 14.6. The first kappa shape index (κ1) is 18.8. The first-order chi connectivity index (χ1) is 13.1. The molecule has 6 nitrogen and oxygen atoms in total. The van der Waals surface area contributed by atoms with Crippen LogP contribution in [-0.4, -0.2) is 50.1 Å². The van der Waals surface area contributed by atoms with Crippen molar-refractivity contribution in [3.05, 3.63) is 59.7 Å². The topological polar surface area (TPSA) is 67.9 Å². The van der Waals surface area contributed by atoms with Gasteiger partial charge in [-0.25, -0.2) is 0 Å². The minimum Gasteiger partial charge on any atom is -0.497 e. The van der Waals surface area contributed by atoms with Crippen molar-refractivity contribution in [1.82, 2.24) is 10.2 Å². The van der Waals surface area contributed by atoms with Gasteiger partial charge in [-0.3, -0.25) is 9.59 Å². The predicted molar refractivity (Wildman–Crippen MR) is 102 cm³/mol. The van der Waals surface area contributed by atoms with Crippen molar-refractivity contribution in [2.75, 3.05) is 27.3 Å². The Morgan fingerprint density at radius 3 is 2.56 bits per heavy atom. The van der Waals surface area contributed by atoms with E-state index >= 15 is 0 Å². The van der Waals surface area contributed by atoms with Crippen LogP contribution in [-0.2, 0) is 11.2 Å². The van der Waals surface area contributed by atoms with E-state index in [0.29, 0.717) is 30.8 Å². The van der Waals surface area contributed by atoms with E-state index in [0.717, 1.165) is 17.7 Å². The molecule has 1 aliphatic rings. The summed E-state index contributed by atoms with van der Waals surface area (Å²) in [4.78, 5) is 26.5. The number of nitrogens with one attached hydrogen (secondary N) is 1. The summed E-state index contributed by atoms with van der Waals surface area (Å²) in [5, 5.41) is 2.95. The van der Waals surface area contributed by atoms with Gasteiger partial charge in [0.15, 0.2) is 0 Å². The third kappa shape index (κ3) is 4.78. The second-order valence-corrected chi connectivity index (χ2v) is 6.54. The zero-order chi connectivity index (χ0) is 19.2. The number of rotatable bonds is 7. The summed E-state index contributed by atoms with van der Waals surface area (Å²) < 4.78 is 10.3. The fourth-order valence-corrected chi connectivity index (χ4v) is 3.17. The summed E-state index contributed by atoms with van der Waals surface area (Å²) in [5.41, 5.74) is 1.67. The van der Waals surface area contributed by atoms with Gasteiger partial charge in [-0.05, 0) is 42.3 Å². The average Bonchev–Trinajstić information content (AvgIpc) is 3.05. The molecule has 2 aromatic carbocycles. The lowest BCUT2D eigenvalue weighted by atomic mass is 10.1. The second kappa shape index (κ2) is 8.58. The summed E-state index contributed by atoms with van der Waals surface area (Å²) >= 11 is 0. The molecule has 2 aromatic rings. The van der Waals surface area contributed by atoms with Crippen LogP contribution in [0.15, 0.2) is 48.5 Å². The van der Waals surface area contributed by atoms with Crippen LogP contribution in [0.3, 0.4) is 0 Å². The molecule has 3 rings (SSSR count). The van der Waals surface area contributed by atoms with Crippen molar-refractivity contribution in [2.24, 2.45) is 0 Å². The molecule has 1 saturated heterocycles. The highest BCUT2D eigenvalue weighted by molar-refractivity contribution is 5.95. The minimum absolute atomic E-state index is 0.0689. The molecule has 1 atom stereocenters.